The van der Waals surface area contributed by atoms with Crippen LogP contribution < -0.4 is 21.7 Å². The van der Waals surface area contributed by atoms with Gasteiger partial charge in [-0.25, -0.2) is 9.07 Å². The molecule has 1 aliphatic rings. The molecule has 0 fully saturated rings. The lowest BCUT2D eigenvalue weighted by Gasteiger charge is -2.21. The summed E-state index contributed by atoms with van der Waals surface area (Å²) in [6.07, 6.45) is 5.03. The molecule has 2 aromatic carbocycles. The van der Waals surface area contributed by atoms with Gasteiger partial charge >= 0.3 is 0 Å². The average molecular weight is 547 g/mol. The molecule has 1 aliphatic heterocycles. The number of hydrogen-bond donors (Lipinski definition) is 4. The van der Waals surface area contributed by atoms with Crippen LogP contribution in [-0.2, 0) is 4.79 Å². The first-order valence-corrected chi connectivity index (χ1v) is 13.0. The van der Waals surface area contributed by atoms with Crippen molar-refractivity contribution in [3.05, 3.63) is 75.8 Å². The molecular weight excluding hydrogens is 518 g/mol. The molecule has 196 valence electrons. The molecule has 0 spiro atoms. The molecule has 37 heavy (non-hydrogen) atoms. The number of nitrogens with one attached hydrogen (secondary N) is 3. The maximum Gasteiger partial charge on any atom is 0.256 e. The van der Waals surface area contributed by atoms with Gasteiger partial charge in [0.2, 0.25) is 5.91 Å². The van der Waals surface area contributed by atoms with Crippen LogP contribution in [-0.4, -0.2) is 40.7 Å². The van der Waals surface area contributed by atoms with Crippen LogP contribution in [0.4, 0.5) is 10.1 Å². The maximum atomic E-state index is 14.5. The summed E-state index contributed by atoms with van der Waals surface area (Å²) in [6, 6.07) is 11.3. The van der Waals surface area contributed by atoms with Gasteiger partial charge in [0.25, 0.3) is 5.91 Å². The molecule has 2 atom stereocenters. The van der Waals surface area contributed by atoms with E-state index in [1.165, 1.54) is 18.3 Å². The molecule has 0 unspecified atom stereocenters. The Morgan fingerprint density at radius 3 is 2.81 bits per heavy atom. The predicted octanol–water partition coefficient (Wildman–Crippen LogP) is 4.61. The van der Waals surface area contributed by atoms with Crippen LogP contribution in [0.3, 0.4) is 0 Å². The summed E-state index contributed by atoms with van der Waals surface area (Å²) < 4.78 is 15.7. The molecule has 5 N–H and O–H groups in total. The Balaban J connectivity index is 1.59. The molecule has 3 aromatic rings. The van der Waals surface area contributed by atoms with E-state index >= 15 is 0 Å². The zero-order valence-electron chi connectivity index (χ0n) is 20.1. The second-order valence-electron chi connectivity index (χ2n) is 8.90. The van der Waals surface area contributed by atoms with E-state index in [2.05, 4.69) is 21.0 Å². The van der Waals surface area contributed by atoms with E-state index in [4.69, 9.17) is 28.9 Å². The number of hydrogen-bond acceptors (Lipinski definition) is 5. The van der Waals surface area contributed by atoms with E-state index in [-0.39, 0.29) is 33.4 Å². The third-order valence-corrected chi connectivity index (χ3v) is 6.95. The number of halogens is 3. The minimum atomic E-state index is -0.679. The van der Waals surface area contributed by atoms with E-state index < -0.39 is 17.8 Å². The molecule has 0 aliphatic carbocycles. The average Bonchev–Trinajstić information content (AvgIpc) is 3.27. The van der Waals surface area contributed by atoms with Gasteiger partial charge < -0.3 is 21.7 Å². The molecule has 8 nitrogen and oxygen atoms in total. The number of fused-ring (bicyclic) bond motifs is 2. The Morgan fingerprint density at radius 1 is 1.19 bits per heavy atom. The van der Waals surface area contributed by atoms with Crippen molar-refractivity contribution in [2.45, 2.75) is 44.2 Å². The molecule has 2 bridgehead atoms. The molecule has 2 heterocycles. The molecule has 4 rings (SSSR count). The van der Waals surface area contributed by atoms with Crippen molar-refractivity contribution in [3.63, 3.8) is 0 Å². The summed E-state index contributed by atoms with van der Waals surface area (Å²) in [5.74, 6) is -1.19. The molecule has 11 heteroatoms. The van der Waals surface area contributed by atoms with Crippen molar-refractivity contribution in [1.82, 2.24) is 20.4 Å². The van der Waals surface area contributed by atoms with Gasteiger partial charge in [0, 0.05) is 12.2 Å². The van der Waals surface area contributed by atoms with Gasteiger partial charge in [0.1, 0.15) is 16.9 Å². The van der Waals surface area contributed by atoms with Crippen molar-refractivity contribution in [1.29, 1.82) is 0 Å². The van der Waals surface area contributed by atoms with Crippen molar-refractivity contribution in [3.8, 4) is 5.69 Å². The second kappa shape index (κ2) is 12.4. The molecule has 1 aromatic heterocycles. The fraction of sp³-hybridized carbons (Fsp3) is 0.346. The van der Waals surface area contributed by atoms with Gasteiger partial charge in [0.05, 0.1) is 22.8 Å². The third-order valence-electron chi connectivity index (χ3n) is 6.29. The van der Waals surface area contributed by atoms with Crippen molar-refractivity contribution in [2.75, 3.05) is 18.4 Å². The highest BCUT2D eigenvalue weighted by Gasteiger charge is 2.24. The number of aromatic nitrogens is 2. The Kier molecular flexibility index (Phi) is 9.02. The highest BCUT2D eigenvalue weighted by atomic mass is 35.5. The normalized spacial score (nSPS) is 18.5. The zero-order valence-corrected chi connectivity index (χ0v) is 21.7. The van der Waals surface area contributed by atoms with Crippen LogP contribution >= 0.6 is 23.2 Å². The summed E-state index contributed by atoms with van der Waals surface area (Å²) in [7, 11) is 0. The predicted molar refractivity (Wildman–Crippen MR) is 143 cm³/mol. The van der Waals surface area contributed by atoms with E-state index in [1.807, 2.05) is 24.3 Å². The van der Waals surface area contributed by atoms with Crippen LogP contribution in [0.15, 0.2) is 48.7 Å². The van der Waals surface area contributed by atoms with Crippen LogP contribution in [0.5, 0.6) is 0 Å². The lowest BCUT2D eigenvalue weighted by Crippen LogP contribution is -2.41. The second-order valence-corrected chi connectivity index (χ2v) is 9.67. The number of anilines is 1. The van der Waals surface area contributed by atoms with E-state index in [0.717, 1.165) is 35.2 Å². The number of nitrogens with zero attached hydrogens (tertiary/aromatic N) is 2. The number of amides is 2. The number of carbonyl (C=O) groups is 2. The summed E-state index contributed by atoms with van der Waals surface area (Å²) in [4.78, 5) is 25.9. The Hall–Kier alpha value is -3.14. The molecule has 0 saturated heterocycles. The van der Waals surface area contributed by atoms with Crippen molar-refractivity contribution in [2.24, 2.45) is 5.73 Å². The van der Waals surface area contributed by atoms with Crippen LogP contribution in [0.1, 0.15) is 54.1 Å². The first kappa shape index (κ1) is 26.9. The molecule has 0 saturated carbocycles. The SMILES string of the molecule is NCC[C@@H]1Nc2cccc(c2)[C@@H](NC(=O)c2cnn(-c3cccc(Cl)c3F)c2Cl)CCCCCNC1=O. The Labute approximate surface area is 224 Å². The lowest BCUT2D eigenvalue weighted by atomic mass is 9.99. The van der Waals surface area contributed by atoms with Gasteiger partial charge in [-0.05, 0) is 55.6 Å². The zero-order chi connectivity index (χ0) is 26.4. The number of benzene rings is 2. The monoisotopic (exact) mass is 546 g/mol. The highest BCUT2D eigenvalue weighted by Crippen LogP contribution is 2.28. The standard InChI is InChI=1S/C26H29Cl2FN6O2/c27-19-8-5-10-22(23(19)29)35-24(28)18(15-32-35)25(36)34-20-9-2-1-3-13-31-26(37)21(11-12-30)33-17-7-4-6-16(20)14-17/h4-8,10,14-15,20-21,33H,1-3,9,11-13,30H2,(H,31,37)(H,34,36)/t20-,21-/m0/s1. The Bertz CT molecular complexity index is 1270. The fourth-order valence-corrected chi connectivity index (χ4v) is 4.77. The topological polar surface area (TPSA) is 114 Å². The van der Waals surface area contributed by atoms with Crippen molar-refractivity contribution < 1.29 is 14.0 Å². The van der Waals surface area contributed by atoms with E-state index in [9.17, 15) is 14.0 Å². The van der Waals surface area contributed by atoms with E-state index in [0.29, 0.717) is 25.9 Å². The highest BCUT2D eigenvalue weighted by molar-refractivity contribution is 6.33. The van der Waals surface area contributed by atoms with Crippen LogP contribution in [0.2, 0.25) is 10.2 Å². The smallest absolute Gasteiger partial charge is 0.256 e. The summed E-state index contributed by atoms with van der Waals surface area (Å²) >= 11 is 12.4. The quantitative estimate of drug-likeness (QED) is 0.373. The number of rotatable bonds is 5. The number of nitrogens with two attached hydrogens (primary N) is 1. The summed E-state index contributed by atoms with van der Waals surface area (Å²) in [6.45, 7) is 0.946. The fourth-order valence-electron chi connectivity index (χ4n) is 4.33. The third kappa shape index (κ3) is 6.41. The van der Waals surface area contributed by atoms with Gasteiger partial charge in [-0.2, -0.15) is 5.10 Å². The minimum Gasteiger partial charge on any atom is -0.374 e. The lowest BCUT2D eigenvalue weighted by molar-refractivity contribution is -0.121. The maximum absolute atomic E-state index is 14.5. The molecule has 0 radical (unpaired) electrons. The Morgan fingerprint density at radius 2 is 2.00 bits per heavy atom. The van der Waals surface area contributed by atoms with Gasteiger partial charge in [-0.3, -0.25) is 9.59 Å². The summed E-state index contributed by atoms with van der Waals surface area (Å²) in [5.41, 5.74) is 7.54. The minimum absolute atomic E-state index is 0.0204. The van der Waals surface area contributed by atoms with Crippen molar-refractivity contribution >= 4 is 40.7 Å². The van der Waals surface area contributed by atoms with Gasteiger partial charge in [0.15, 0.2) is 5.82 Å². The first-order valence-electron chi connectivity index (χ1n) is 12.2. The first-order chi connectivity index (χ1) is 17.9. The van der Waals surface area contributed by atoms with E-state index in [1.54, 1.807) is 6.07 Å². The van der Waals surface area contributed by atoms with Crippen LogP contribution in [0.25, 0.3) is 5.69 Å². The largest absolute Gasteiger partial charge is 0.374 e. The van der Waals surface area contributed by atoms with Gasteiger partial charge in [-0.15, -0.1) is 0 Å². The van der Waals surface area contributed by atoms with Gasteiger partial charge in [-0.1, -0.05) is 54.2 Å². The summed E-state index contributed by atoms with van der Waals surface area (Å²) in [5, 5.41) is 13.3. The molecular formula is C26H29Cl2FN6O2. The van der Waals surface area contributed by atoms with Crippen LogP contribution in [0, 0.1) is 5.82 Å². The molecule has 2 amide bonds. The number of carbonyl (C=O) groups excluding carboxylic acids is 2.